The predicted molar refractivity (Wildman–Crippen MR) is 134 cm³/mol. The van der Waals surface area contributed by atoms with Crippen molar-refractivity contribution in [1.82, 2.24) is 15.3 Å². The molecule has 1 amide bonds. The van der Waals surface area contributed by atoms with E-state index in [1.165, 1.54) is 0 Å². The van der Waals surface area contributed by atoms with Crippen LogP contribution in [0.25, 0.3) is 33.4 Å². The van der Waals surface area contributed by atoms with Gasteiger partial charge < -0.3 is 10.3 Å². The van der Waals surface area contributed by atoms with E-state index in [0.717, 1.165) is 33.9 Å². The third-order valence-corrected chi connectivity index (χ3v) is 5.92. The zero-order valence-electron chi connectivity index (χ0n) is 18.5. The quantitative estimate of drug-likeness (QED) is 0.311. The first kappa shape index (κ1) is 20.7. The maximum atomic E-state index is 13.5. The summed E-state index contributed by atoms with van der Waals surface area (Å²) in [6.45, 7) is 2.07. The van der Waals surface area contributed by atoms with Crippen molar-refractivity contribution in [1.29, 1.82) is 0 Å². The molecule has 1 unspecified atom stereocenters. The molecule has 5 aromatic rings. The van der Waals surface area contributed by atoms with E-state index in [2.05, 4.69) is 41.5 Å². The molecule has 0 aliphatic carbocycles. The van der Waals surface area contributed by atoms with Gasteiger partial charge in [-0.3, -0.25) is 4.79 Å². The van der Waals surface area contributed by atoms with Gasteiger partial charge in [0.2, 0.25) is 0 Å². The second kappa shape index (κ2) is 9.13. The van der Waals surface area contributed by atoms with E-state index in [0.29, 0.717) is 17.2 Å². The third kappa shape index (κ3) is 4.28. The summed E-state index contributed by atoms with van der Waals surface area (Å²) in [5.74, 6) is 0.514. The first-order chi connectivity index (χ1) is 16.2. The highest BCUT2D eigenvalue weighted by Gasteiger charge is 2.22. The van der Waals surface area contributed by atoms with Crippen LogP contribution in [0, 0.1) is 0 Å². The number of nitrogens with zero attached hydrogens (tertiary/aromatic N) is 1. The van der Waals surface area contributed by atoms with Gasteiger partial charge in [-0.25, -0.2) is 4.98 Å². The SMILES string of the molecule is CCC(NC(=O)c1[nH]c(-c2ccccc2)nc1-c1ccc2ccccc2c1)c1ccccc1. The van der Waals surface area contributed by atoms with Gasteiger partial charge in [0, 0.05) is 11.1 Å². The Morgan fingerprint density at radius 3 is 2.21 bits per heavy atom. The minimum atomic E-state index is -0.163. The summed E-state index contributed by atoms with van der Waals surface area (Å²) in [6, 6.07) is 34.3. The molecule has 4 aromatic carbocycles. The molecule has 0 spiro atoms. The molecule has 1 heterocycles. The van der Waals surface area contributed by atoms with Gasteiger partial charge in [-0.1, -0.05) is 104 Å². The Kier molecular flexibility index (Phi) is 5.73. The summed E-state index contributed by atoms with van der Waals surface area (Å²) in [5.41, 5.74) is 4.06. The monoisotopic (exact) mass is 431 g/mol. The Morgan fingerprint density at radius 1 is 0.818 bits per heavy atom. The molecule has 4 heteroatoms. The van der Waals surface area contributed by atoms with E-state index >= 15 is 0 Å². The van der Waals surface area contributed by atoms with E-state index in [4.69, 9.17) is 4.98 Å². The lowest BCUT2D eigenvalue weighted by atomic mass is 10.0. The highest BCUT2D eigenvalue weighted by atomic mass is 16.2. The predicted octanol–water partition coefficient (Wildman–Crippen LogP) is 6.78. The first-order valence-electron chi connectivity index (χ1n) is 11.2. The number of benzene rings is 4. The number of hydrogen-bond acceptors (Lipinski definition) is 2. The van der Waals surface area contributed by atoms with Crippen LogP contribution < -0.4 is 5.32 Å². The minimum absolute atomic E-state index is 0.0772. The zero-order chi connectivity index (χ0) is 22.6. The molecule has 0 bridgehead atoms. The number of H-pyrrole nitrogens is 1. The molecule has 2 N–H and O–H groups in total. The van der Waals surface area contributed by atoms with Gasteiger partial charge in [0.25, 0.3) is 5.91 Å². The van der Waals surface area contributed by atoms with Gasteiger partial charge in [0.05, 0.1) is 6.04 Å². The van der Waals surface area contributed by atoms with Gasteiger partial charge in [0.15, 0.2) is 0 Å². The lowest BCUT2D eigenvalue weighted by Gasteiger charge is -2.17. The van der Waals surface area contributed by atoms with Crippen molar-refractivity contribution in [3.05, 3.63) is 114 Å². The van der Waals surface area contributed by atoms with Gasteiger partial charge in [-0.2, -0.15) is 0 Å². The first-order valence-corrected chi connectivity index (χ1v) is 11.2. The van der Waals surface area contributed by atoms with Crippen LogP contribution in [0.1, 0.15) is 35.4 Å². The van der Waals surface area contributed by atoms with Crippen LogP contribution in [0.5, 0.6) is 0 Å². The summed E-state index contributed by atoms with van der Waals surface area (Å²) in [5, 5.41) is 5.47. The van der Waals surface area contributed by atoms with Crippen molar-refractivity contribution >= 4 is 16.7 Å². The average Bonchev–Trinajstić information content (AvgIpc) is 3.34. The highest BCUT2D eigenvalue weighted by Crippen LogP contribution is 2.29. The van der Waals surface area contributed by atoms with E-state index in [1.54, 1.807) is 0 Å². The van der Waals surface area contributed by atoms with Gasteiger partial charge in [0.1, 0.15) is 17.2 Å². The smallest absolute Gasteiger partial charge is 0.270 e. The molecule has 1 atom stereocenters. The standard InChI is InChI=1S/C29H25N3O/c1-2-25(21-12-5-3-6-13-21)30-29(33)27-26(31-28(32-27)22-14-7-4-8-15-22)24-18-17-20-11-9-10-16-23(20)19-24/h3-19,25H,2H2,1H3,(H,30,33)(H,31,32). The molecular formula is C29H25N3O. The number of carbonyl (C=O) groups is 1. The van der Waals surface area contributed by atoms with Crippen LogP contribution in [0.3, 0.4) is 0 Å². The number of nitrogens with one attached hydrogen (secondary N) is 2. The number of rotatable bonds is 6. The second-order valence-electron chi connectivity index (χ2n) is 8.08. The molecule has 33 heavy (non-hydrogen) atoms. The topological polar surface area (TPSA) is 57.8 Å². The van der Waals surface area contributed by atoms with Gasteiger partial charge in [-0.05, 0) is 28.8 Å². The number of imidazole rings is 1. The van der Waals surface area contributed by atoms with Gasteiger partial charge >= 0.3 is 0 Å². The number of aromatic nitrogens is 2. The maximum absolute atomic E-state index is 13.5. The van der Waals surface area contributed by atoms with E-state index in [1.807, 2.05) is 78.9 Å². The summed E-state index contributed by atoms with van der Waals surface area (Å²) in [7, 11) is 0. The molecule has 0 saturated carbocycles. The van der Waals surface area contributed by atoms with Crippen molar-refractivity contribution in [3.63, 3.8) is 0 Å². The van der Waals surface area contributed by atoms with E-state index in [9.17, 15) is 4.79 Å². The Balaban J connectivity index is 1.57. The fraction of sp³-hybridized carbons (Fsp3) is 0.103. The van der Waals surface area contributed by atoms with Crippen molar-refractivity contribution in [2.75, 3.05) is 0 Å². The molecule has 162 valence electrons. The van der Waals surface area contributed by atoms with Crippen molar-refractivity contribution in [2.45, 2.75) is 19.4 Å². The second-order valence-corrected chi connectivity index (χ2v) is 8.08. The fourth-order valence-electron chi connectivity index (χ4n) is 4.15. The molecule has 0 saturated heterocycles. The maximum Gasteiger partial charge on any atom is 0.270 e. The summed E-state index contributed by atoms with van der Waals surface area (Å²) < 4.78 is 0. The third-order valence-electron chi connectivity index (χ3n) is 5.92. The van der Waals surface area contributed by atoms with Crippen LogP contribution in [-0.2, 0) is 0 Å². The number of fused-ring (bicyclic) bond motifs is 1. The molecule has 0 aliphatic heterocycles. The van der Waals surface area contributed by atoms with E-state index < -0.39 is 0 Å². The Morgan fingerprint density at radius 2 is 1.48 bits per heavy atom. The van der Waals surface area contributed by atoms with E-state index in [-0.39, 0.29) is 11.9 Å². The van der Waals surface area contributed by atoms with Crippen LogP contribution in [0.15, 0.2) is 103 Å². The minimum Gasteiger partial charge on any atom is -0.344 e. The lowest BCUT2D eigenvalue weighted by Crippen LogP contribution is -2.28. The van der Waals surface area contributed by atoms with Gasteiger partial charge in [-0.15, -0.1) is 0 Å². The zero-order valence-corrected chi connectivity index (χ0v) is 18.5. The largest absolute Gasteiger partial charge is 0.344 e. The Hall–Kier alpha value is -4.18. The van der Waals surface area contributed by atoms with Crippen molar-refractivity contribution in [2.24, 2.45) is 0 Å². The Bertz CT molecular complexity index is 1390. The number of amides is 1. The molecule has 5 rings (SSSR count). The lowest BCUT2D eigenvalue weighted by molar-refractivity contribution is 0.0932. The number of aromatic amines is 1. The van der Waals surface area contributed by atoms with Crippen LogP contribution in [0.2, 0.25) is 0 Å². The molecule has 0 fully saturated rings. The molecule has 1 aromatic heterocycles. The van der Waals surface area contributed by atoms with Crippen molar-refractivity contribution < 1.29 is 4.79 Å². The normalized spacial score (nSPS) is 11.9. The number of carbonyl (C=O) groups excluding carboxylic acids is 1. The molecular weight excluding hydrogens is 406 g/mol. The fourth-order valence-corrected chi connectivity index (χ4v) is 4.15. The molecule has 0 aliphatic rings. The summed E-state index contributed by atoms with van der Waals surface area (Å²) in [4.78, 5) is 21.7. The average molecular weight is 432 g/mol. The summed E-state index contributed by atoms with van der Waals surface area (Å²) >= 11 is 0. The molecule has 4 nitrogen and oxygen atoms in total. The molecule has 0 radical (unpaired) electrons. The van der Waals surface area contributed by atoms with Crippen LogP contribution in [0.4, 0.5) is 0 Å². The summed E-state index contributed by atoms with van der Waals surface area (Å²) in [6.07, 6.45) is 0.792. The Labute approximate surface area is 193 Å². The highest BCUT2D eigenvalue weighted by molar-refractivity contribution is 6.00. The van der Waals surface area contributed by atoms with Crippen LogP contribution >= 0.6 is 0 Å². The van der Waals surface area contributed by atoms with Crippen LogP contribution in [-0.4, -0.2) is 15.9 Å². The van der Waals surface area contributed by atoms with Crippen molar-refractivity contribution in [3.8, 4) is 22.6 Å². The number of hydrogen-bond donors (Lipinski definition) is 2.